The van der Waals surface area contributed by atoms with Gasteiger partial charge in [-0.15, -0.1) is 0 Å². The maximum atomic E-state index is 11.1. The van der Waals surface area contributed by atoms with Crippen molar-refractivity contribution >= 4 is 24.1 Å². The summed E-state index contributed by atoms with van der Waals surface area (Å²) in [5.74, 6) is -0.00472. The van der Waals surface area contributed by atoms with E-state index < -0.39 is 6.95 Å². The first kappa shape index (κ1) is 12.9. The molecule has 8 heteroatoms. The fraction of sp³-hybridized carbons (Fsp3) is 0.857. The van der Waals surface area contributed by atoms with Gasteiger partial charge in [0, 0.05) is 44.3 Å². The molecule has 6 nitrogen and oxygen atoms in total. The van der Waals surface area contributed by atoms with Crippen LogP contribution in [0, 0.1) is 0 Å². The van der Waals surface area contributed by atoms with Gasteiger partial charge in [0.25, 0.3) is 0 Å². The number of hydroxylamine groups is 2. The predicted octanol–water partition coefficient (Wildman–Crippen LogP) is 0.811. The molecule has 1 rings (SSSR count). The van der Waals surface area contributed by atoms with Gasteiger partial charge in [0.05, 0.1) is 0 Å². The molecule has 0 aliphatic carbocycles. The molecule has 1 amide bonds. The minimum absolute atomic E-state index is 0.00472. The van der Waals surface area contributed by atoms with Gasteiger partial charge in [-0.1, -0.05) is 0 Å². The Balaban J connectivity index is 2.46. The SMILES string of the molecule is CC(=O)N1CCCN(OP(=O)(O)Cl)CC1. The third-order valence-corrected chi connectivity index (χ3v) is 2.73. The second-order valence-corrected chi connectivity index (χ2v) is 5.67. The molecule has 1 N–H and O–H groups in total. The maximum absolute atomic E-state index is 11.1. The summed E-state index contributed by atoms with van der Waals surface area (Å²) >= 11 is 5.09. The fourth-order valence-electron chi connectivity index (χ4n) is 1.43. The lowest BCUT2D eigenvalue weighted by molar-refractivity contribution is -0.129. The molecule has 0 aromatic carbocycles. The fourth-order valence-corrected chi connectivity index (χ4v) is 2.14. The molecule has 1 aliphatic rings. The molecule has 0 saturated carbocycles. The number of carbonyl (C=O) groups excluding carboxylic acids is 1. The number of halogens is 1. The zero-order valence-corrected chi connectivity index (χ0v) is 10.1. The smallest absolute Gasteiger partial charge is 0.342 e. The van der Waals surface area contributed by atoms with Crippen molar-refractivity contribution in [3.63, 3.8) is 0 Å². The van der Waals surface area contributed by atoms with Gasteiger partial charge >= 0.3 is 6.95 Å². The zero-order valence-electron chi connectivity index (χ0n) is 8.43. The van der Waals surface area contributed by atoms with Crippen LogP contribution >= 0.6 is 18.2 Å². The zero-order chi connectivity index (χ0) is 11.5. The molecule has 88 valence electrons. The first-order chi connectivity index (χ1) is 6.88. The van der Waals surface area contributed by atoms with E-state index in [9.17, 15) is 9.36 Å². The highest BCUT2D eigenvalue weighted by Crippen LogP contribution is 2.48. The average Bonchev–Trinajstić information content (AvgIpc) is 2.26. The van der Waals surface area contributed by atoms with Crippen LogP contribution in [-0.4, -0.2) is 46.9 Å². The first-order valence-corrected chi connectivity index (χ1v) is 7.09. The standard InChI is InChI=1S/C7H14ClN2O4P/c1-7(11)9-3-2-4-10(6-5-9)14-15(8,12)13/h2-6H2,1H3,(H,12,13). The van der Waals surface area contributed by atoms with Gasteiger partial charge < -0.3 is 9.79 Å². The van der Waals surface area contributed by atoms with Gasteiger partial charge in [0.15, 0.2) is 0 Å². The van der Waals surface area contributed by atoms with E-state index in [1.54, 1.807) is 4.90 Å². The van der Waals surface area contributed by atoms with Crippen molar-refractivity contribution in [3.05, 3.63) is 0 Å². The summed E-state index contributed by atoms with van der Waals surface area (Å²) in [4.78, 5) is 21.6. The summed E-state index contributed by atoms with van der Waals surface area (Å²) in [6.07, 6.45) is 0.691. The number of hydrogen-bond acceptors (Lipinski definition) is 4. The van der Waals surface area contributed by atoms with Gasteiger partial charge in [-0.25, -0.2) is 9.19 Å². The summed E-state index contributed by atoms with van der Waals surface area (Å²) < 4.78 is 15.4. The van der Waals surface area contributed by atoms with Gasteiger partial charge in [-0.2, -0.15) is 5.06 Å². The van der Waals surface area contributed by atoms with E-state index in [0.29, 0.717) is 32.6 Å². The van der Waals surface area contributed by atoms with Crippen molar-refractivity contribution in [2.75, 3.05) is 26.2 Å². The number of rotatable bonds is 2. The van der Waals surface area contributed by atoms with E-state index in [1.165, 1.54) is 12.0 Å². The monoisotopic (exact) mass is 256 g/mol. The molecule has 15 heavy (non-hydrogen) atoms. The Morgan fingerprint density at radius 1 is 1.40 bits per heavy atom. The van der Waals surface area contributed by atoms with Crippen LogP contribution in [0.25, 0.3) is 0 Å². The van der Waals surface area contributed by atoms with Gasteiger partial charge in [-0.05, 0) is 6.42 Å². The summed E-state index contributed by atoms with van der Waals surface area (Å²) in [5, 5.41) is 1.33. The molecular formula is C7H14ClN2O4P. The Hall–Kier alpha value is -0.130. The van der Waals surface area contributed by atoms with Crippen molar-refractivity contribution in [2.45, 2.75) is 13.3 Å². The highest BCUT2D eigenvalue weighted by Gasteiger charge is 2.23. The number of carbonyl (C=O) groups is 1. The molecule has 0 radical (unpaired) electrons. The van der Waals surface area contributed by atoms with Crippen LogP contribution in [0.1, 0.15) is 13.3 Å². The Labute approximate surface area is 93.0 Å². The lowest BCUT2D eigenvalue weighted by Gasteiger charge is -2.20. The summed E-state index contributed by atoms with van der Waals surface area (Å²) in [6.45, 7) is -0.524. The molecule has 0 bridgehead atoms. The summed E-state index contributed by atoms with van der Waals surface area (Å²) in [6, 6.07) is 0. The molecule has 0 spiro atoms. The van der Waals surface area contributed by atoms with Crippen LogP contribution < -0.4 is 0 Å². The highest BCUT2D eigenvalue weighted by atomic mass is 35.7. The molecule has 1 saturated heterocycles. The largest absolute Gasteiger partial charge is 0.438 e. The van der Waals surface area contributed by atoms with Gasteiger partial charge in [0.1, 0.15) is 0 Å². The molecule has 1 atom stereocenters. The normalized spacial score (nSPS) is 23.3. The lowest BCUT2D eigenvalue weighted by atomic mass is 10.4. The Morgan fingerprint density at radius 3 is 2.60 bits per heavy atom. The quantitative estimate of drug-likeness (QED) is 0.741. The molecule has 0 aromatic heterocycles. The van der Waals surface area contributed by atoms with Crippen LogP contribution in [0.15, 0.2) is 0 Å². The molecule has 1 heterocycles. The van der Waals surface area contributed by atoms with Crippen molar-refractivity contribution in [2.24, 2.45) is 0 Å². The van der Waals surface area contributed by atoms with Gasteiger partial charge in [0.2, 0.25) is 5.91 Å². The van der Waals surface area contributed by atoms with Crippen LogP contribution in [0.4, 0.5) is 0 Å². The molecule has 1 aliphatic heterocycles. The average molecular weight is 257 g/mol. The van der Waals surface area contributed by atoms with Crippen LogP contribution in [0.2, 0.25) is 0 Å². The molecule has 1 unspecified atom stereocenters. The number of nitrogens with zero attached hydrogens (tertiary/aromatic N) is 2. The Bertz CT molecular complexity index is 282. The third-order valence-electron chi connectivity index (χ3n) is 2.12. The third kappa shape index (κ3) is 4.95. The molecular weight excluding hydrogens is 243 g/mol. The van der Waals surface area contributed by atoms with E-state index in [2.05, 4.69) is 4.62 Å². The van der Waals surface area contributed by atoms with E-state index in [0.717, 1.165) is 0 Å². The van der Waals surface area contributed by atoms with Crippen LogP contribution in [0.5, 0.6) is 0 Å². The van der Waals surface area contributed by atoms with Crippen LogP contribution in [0.3, 0.4) is 0 Å². The number of hydrogen-bond donors (Lipinski definition) is 1. The first-order valence-electron chi connectivity index (χ1n) is 4.61. The van der Waals surface area contributed by atoms with E-state index in [-0.39, 0.29) is 5.91 Å². The minimum atomic E-state index is -4.00. The lowest BCUT2D eigenvalue weighted by Crippen LogP contribution is -2.33. The number of amides is 1. The van der Waals surface area contributed by atoms with E-state index in [1.807, 2.05) is 0 Å². The second-order valence-electron chi connectivity index (χ2n) is 3.32. The van der Waals surface area contributed by atoms with E-state index >= 15 is 0 Å². The molecule has 1 fully saturated rings. The van der Waals surface area contributed by atoms with Crippen molar-refractivity contribution in [3.8, 4) is 0 Å². The van der Waals surface area contributed by atoms with Crippen LogP contribution in [-0.2, 0) is 14.0 Å². The topological polar surface area (TPSA) is 70.1 Å². The predicted molar refractivity (Wildman–Crippen MR) is 55.2 cm³/mol. The Kier molecular flexibility index (Phi) is 4.55. The van der Waals surface area contributed by atoms with E-state index in [4.69, 9.17) is 16.1 Å². The van der Waals surface area contributed by atoms with Crippen molar-refractivity contribution in [1.29, 1.82) is 0 Å². The van der Waals surface area contributed by atoms with Crippen molar-refractivity contribution < 1.29 is 18.9 Å². The second kappa shape index (κ2) is 5.27. The highest BCUT2D eigenvalue weighted by molar-refractivity contribution is 7.80. The van der Waals surface area contributed by atoms with Gasteiger partial charge in [-0.3, -0.25) is 4.79 Å². The molecule has 0 aromatic rings. The maximum Gasteiger partial charge on any atom is 0.438 e. The Morgan fingerprint density at radius 2 is 2.07 bits per heavy atom. The summed E-state index contributed by atoms with van der Waals surface area (Å²) in [7, 11) is 0. The minimum Gasteiger partial charge on any atom is -0.342 e. The summed E-state index contributed by atoms with van der Waals surface area (Å²) in [5.41, 5.74) is 0. The van der Waals surface area contributed by atoms with Crippen molar-refractivity contribution in [1.82, 2.24) is 9.96 Å².